The maximum absolute atomic E-state index is 10.0. The number of carboxylic acids is 1. The van der Waals surface area contributed by atoms with E-state index in [1.54, 1.807) is 6.92 Å². The van der Waals surface area contributed by atoms with Gasteiger partial charge in [0.15, 0.2) is 0 Å². The Kier molecular flexibility index (Phi) is 4.42. The molecule has 0 amide bonds. The minimum absolute atomic E-state index is 0.367. The summed E-state index contributed by atoms with van der Waals surface area (Å²) in [5.74, 6) is -0.799. The summed E-state index contributed by atoms with van der Waals surface area (Å²) in [6.45, 7) is 2.27. The lowest BCUT2D eigenvalue weighted by molar-refractivity contribution is -0.136. The van der Waals surface area contributed by atoms with Crippen LogP contribution in [0, 0.1) is 0 Å². The molecule has 2 nitrogen and oxygen atoms in total. The molecule has 8 heavy (non-hydrogen) atoms. The van der Waals surface area contributed by atoms with Crippen molar-refractivity contribution in [3.8, 4) is 0 Å². The van der Waals surface area contributed by atoms with E-state index in [1.165, 1.54) is 11.4 Å². The van der Waals surface area contributed by atoms with Crippen LogP contribution in [0.15, 0.2) is 0 Å². The van der Waals surface area contributed by atoms with E-state index in [9.17, 15) is 4.79 Å². The molecule has 0 aromatic heterocycles. The van der Waals surface area contributed by atoms with E-state index in [2.05, 4.69) is 11.8 Å². The van der Waals surface area contributed by atoms with Gasteiger partial charge < -0.3 is 5.11 Å². The highest BCUT2D eigenvalue weighted by Gasteiger charge is 2.08. The molecule has 0 spiro atoms. The monoisotopic (exact) mass is 168 g/mol. The van der Waals surface area contributed by atoms with Crippen molar-refractivity contribution in [3.63, 3.8) is 0 Å². The summed E-state index contributed by atoms with van der Waals surface area (Å²) in [4.78, 5) is 10.0. The van der Waals surface area contributed by atoms with Gasteiger partial charge in [0.1, 0.15) is 5.25 Å². The van der Waals surface area contributed by atoms with Gasteiger partial charge in [-0.2, -0.15) is 0 Å². The molecule has 1 atom stereocenters. The fraction of sp³-hybridized carbons (Fsp3) is 0.667. The third-order valence-electron chi connectivity index (χ3n) is 0.549. The van der Waals surface area contributed by atoms with Gasteiger partial charge in [-0.1, -0.05) is 11.4 Å². The fourth-order valence-corrected chi connectivity index (χ4v) is 2.15. The molecule has 0 saturated carbocycles. The summed E-state index contributed by atoms with van der Waals surface area (Å²) >= 11 is 5.75. The molecule has 0 rings (SSSR count). The molecular formula is C3H5O2PS2. The normalized spacial score (nSPS) is 13.6. The Labute approximate surface area is 58.2 Å². The van der Waals surface area contributed by atoms with Crippen molar-refractivity contribution < 1.29 is 9.90 Å². The highest BCUT2D eigenvalue weighted by Crippen LogP contribution is 2.23. The maximum Gasteiger partial charge on any atom is 0.317 e. The molecule has 0 aromatic rings. The molecule has 0 radical (unpaired) electrons. The Morgan fingerprint density at radius 3 is 2.62 bits per heavy atom. The summed E-state index contributed by atoms with van der Waals surface area (Å²) in [6, 6.07) is 0. The van der Waals surface area contributed by atoms with E-state index in [4.69, 9.17) is 5.11 Å². The number of carboxylic acid groups (broad SMARTS) is 1. The molecule has 0 aliphatic heterocycles. The van der Waals surface area contributed by atoms with Crippen LogP contribution >= 0.6 is 17.9 Å². The highest BCUT2D eigenvalue weighted by molar-refractivity contribution is 8.58. The summed E-state index contributed by atoms with van der Waals surface area (Å²) < 4.78 is 0. The van der Waals surface area contributed by atoms with E-state index in [0.29, 0.717) is 6.56 Å². The van der Waals surface area contributed by atoms with Crippen molar-refractivity contribution in [2.45, 2.75) is 12.2 Å². The first-order valence-corrected chi connectivity index (χ1v) is 5.29. The Balaban J connectivity index is 3.46. The number of hydrogen-bond donors (Lipinski definition) is 1. The summed E-state index contributed by atoms with van der Waals surface area (Å²) in [6.07, 6.45) is 0. The fourth-order valence-electron chi connectivity index (χ4n) is 0.110. The van der Waals surface area contributed by atoms with Crippen LogP contribution in [0.2, 0.25) is 0 Å². The van der Waals surface area contributed by atoms with Gasteiger partial charge in [-0.3, -0.25) is 4.79 Å². The van der Waals surface area contributed by atoms with Gasteiger partial charge in [0.05, 0.1) is 0 Å². The number of rotatable bonds is 3. The van der Waals surface area contributed by atoms with Gasteiger partial charge in [0, 0.05) is 6.56 Å². The Morgan fingerprint density at radius 2 is 2.50 bits per heavy atom. The van der Waals surface area contributed by atoms with E-state index in [1.807, 2.05) is 0 Å². The van der Waals surface area contributed by atoms with E-state index in [-0.39, 0.29) is 5.25 Å². The molecule has 0 aliphatic rings. The number of aliphatic carboxylic acids is 1. The molecule has 5 heteroatoms. The highest BCUT2D eigenvalue weighted by atomic mass is 32.9. The second kappa shape index (κ2) is 4.24. The molecule has 1 unspecified atom stereocenters. The predicted molar refractivity (Wildman–Crippen MR) is 39.0 cm³/mol. The second-order valence-electron chi connectivity index (χ2n) is 1.16. The Bertz CT molecular complexity index is 105. The topological polar surface area (TPSA) is 37.3 Å². The minimum atomic E-state index is -0.799. The third kappa shape index (κ3) is 3.36. The van der Waals surface area contributed by atoms with Gasteiger partial charge in [-0.05, 0) is 18.7 Å². The van der Waals surface area contributed by atoms with Gasteiger partial charge in [0.25, 0.3) is 0 Å². The standard InChI is InChI=1S/C3H5O2PS2/c1-2(3(4)5)8-6-7/h2H,1H3,(H,4,5). The second-order valence-corrected chi connectivity index (χ2v) is 4.65. The van der Waals surface area contributed by atoms with E-state index < -0.39 is 5.97 Å². The zero-order valence-corrected chi connectivity index (χ0v) is 6.72. The van der Waals surface area contributed by atoms with Crippen molar-refractivity contribution in [1.29, 1.82) is 0 Å². The summed E-state index contributed by atoms with van der Waals surface area (Å²) in [7, 11) is 0. The largest absolute Gasteiger partial charge is 0.480 e. The first-order valence-electron chi connectivity index (χ1n) is 1.89. The average molecular weight is 168 g/mol. The van der Waals surface area contributed by atoms with Gasteiger partial charge in [-0.15, -0.1) is 0 Å². The van der Waals surface area contributed by atoms with Crippen LogP contribution in [0.3, 0.4) is 0 Å². The Morgan fingerprint density at radius 1 is 2.00 bits per heavy atom. The molecule has 46 valence electrons. The van der Waals surface area contributed by atoms with E-state index in [0.717, 1.165) is 0 Å². The van der Waals surface area contributed by atoms with Crippen molar-refractivity contribution in [1.82, 2.24) is 0 Å². The van der Waals surface area contributed by atoms with Gasteiger partial charge in [-0.25, -0.2) is 0 Å². The van der Waals surface area contributed by atoms with Crippen molar-refractivity contribution in [2.75, 3.05) is 0 Å². The van der Waals surface area contributed by atoms with Crippen molar-refractivity contribution in [2.24, 2.45) is 0 Å². The van der Waals surface area contributed by atoms with Crippen LogP contribution in [0.25, 0.3) is 0 Å². The third-order valence-corrected chi connectivity index (χ3v) is 3.13. The minimum Gasteiger partial charge on any atom is -0.480 e. The predicted octanol–water partition coefficient (Wildman–Crippen LogP) is 1.52. The van der Waals surface area contributed by atoms with Crippen LogP contribution in [-0.4, -0.2) is 16.3 Å². The average Bonchev–Trinajstić information content (AvgIpc) is 1.67. The van der Waals surface area contributed by atoms with Crippen LogP contribution in [0.1, 0.15) is 6.92 Å². The van der Waals surface area contributed by atoms with Crippen LogP contribution in [0.4, 0.5) is 0 Å². The lowest BCUT2D eigenvalue weighted by Crippen LogP contribution is -2.08. The summed E-state index contributed by atoms with van der Waals surface area (Å²) in [5.41, 5.74) is 0. The first-order chi connectivity index (χ1) is 3.68. The molecule has 0 saturated heterocycles. The molecule has 0 fully saturated rings. The smallest absolute Gasteiger partial charge is 0.317 e. The lowest BCUT2D eigenvalue weighted by Gasteiger charge is -1.95. The van der Waals surface area contributed by atoms with Crippen LogP contribution < -0.4 is 0 Å². The van der Waals surface area contributed by atoms with Crippen LogP contribution in [-0.2, 0) is 16.6 Å². The zero-order chi connectivity index (χ0) is 6.57. The molecule has 0 aliphatic carbocycles. The van der Waals surface area contributed by atoms with Crippen molar-refractivity contribution in [3.05, 3.63) is 0 Å². The quantitative estimate of drug-likeness (QED) is 0.648. The van der Waals surface area contributed by atoms with Crippen LogP contribution in [0.5, 0.6) is 0 Å². The zero-order valence-electron chi connectivity index (χ0n) is 4.20. The van der Waals surface area contributed by atoms with E-state index >= 15 is 0 Å². The summed E-state index contributed by atoms with van der Waals surface area (Å²) in [5, 5.41) is 7.88. The van der Waals surface area contributed by atoms with Crippen molar-refractivity contribution >= 4 is 35.7 Å². The molecule has 0 heterocycles. The number of hydrogen-bond acceptors (Lipinski definition) is 3. The molecule has 0 aromatic carbocycles. The molecular weight excluding hydrogens is 163 g/mol. The Hall–Kier alpha value is 0.340. The first kappa shape index (κ1) is 8.34. The SMILES string of the molecule is CC(SP=S)C(=O)O. The van der Waals surface area contributed by atoms with Gasteiger partial charge in [0.2, 0.25) is 0 Å². The maximum atomic E-state index is 10.0. The molecule has 0 bridgehead atoms. The number of carbonyl (C=O) groups is 1. The molecule has 1 N–H and O–H groups in total. The van der Waals surface area contributed by atoms with Gasteiger partial charge >= 0.3 is 5.97 Å². The lowest BCUT2D eigenvalue weighted by atomic mass is 10.5.